The molecule has 1 heterocycles. The number of para-hydroxylation sites is 1. The third-order valence-electron chi connectivity index (χ3n) is 2.79. The maximum Gasteiger partial charge on any atom is 0.319 e. The fraction of sp³-hybridized carbons (Fsp3) is 0.333. The van der Waals surface area contributed by atoms with Gasteiger partial charge in [0, 0.05) is 17.3 Å². The molecule has 2 rings (SSSR count). The number of hydrogen-bond donors (Lipinski definition) is 2. The third-order valence-corrected chi connectivity index (χ3v) is 3.68. The predicted octanol–water partition coefficient (Wildman–Crippen LogP) is 4.05. The van der Waals surface area contributed by atoms with Crippen molar-refractivity contribution < 1.29 is 4.79 Å². The summed E-state index contributed by atoms with van der Waals surface area (Å²) in [4.78, 5) is 16.4. The number of nitrogens with one attached hydrogen (secondary N) is 2. The Hall–Kier alpha value is -1.88. The van der Waals surface area contributed by atoms with Gasteiger partial charge >= 0.3 is 6.03 Å². The van der Waals surface area contributed by atoms with Crippen molar-refractivity contribution in [2.75, 3.05) is 5.32 Å². The first kappa shape index (κ1) is 14.5. The van der Waals surface area contributed by atoms with Crippen LogP contribution in [0.2, 0.25) is 0 Å². The molecule has 0 fully saturated rings. The van der Waals surface area contributed by atoms with Crippen LogP contribution in [-0.4, -0.2) is 11.0 Å². The maximum atomic E-state index is 12.1. The fourth-order valence-electron chi connectivity index (χ4n) is 1.95. The minimum atomic E-state index is -0.197. The van der Waals surface area contributed by atoms with E-state index in [1.54, 1.807) is 17.5 Å². The second-order valence-electron chi connectivity index (χ2n) is 5.02. The first-order chi connectivity index (χ1) is 9.65. The normalized spacial score (nSPS) is 12.2. The summed E-state index contributed by atoms with van der Waals surface area (Å²) in [6.45, 7) is 4.27. The van der Waals surface area contributed by atoms with E-state index in [9.17, 15) is 4.79 Å². The predicted molar refractivity (Wildman–Crippen MR) is 82.9 cm³/mol. The molecule has 0 radical (unpaired) electrons. The molecule has 1 unspecified atom stereocenters. The first-order valence-corrected chi connectivity index (χ1v) is 7.55. The third kappa shape index (κ3) is 4.35. The average Bonchev–Trinajstić information content (AvgIpc) is 2.92. The second kappa shape index (κ2) is 7.05. The van der Waals surface area contributed by atoms with Crippen molar-refractivity contribution >= 4 is 23.1 Å². The Bertz CT molecular complexity index is 525. The van der Waals surface area contributed by atoms with Gasteiger partial charge in [0.2, 0.25) is 0 Å². The smallest absolute Gasteiger partial charge is 0.319 e. The fourth-order valence-corrected chi connectivity index (χ4v) is 2.65. The van der Waals surface area contributed by atoms with Gasteiger partial charge in [0.1, 0.15) is 5.01 Å². The molecule has 4 nitrogen and oxygen atoms in total. The zero-order valence-corrected chi connectivity index (χ0v) is 12.5. The number of amides is 2. The van der Waals surface area contributed by atoms with E-state index in [-0.39, 0.29) is 12.1 Å². The number of anilines is 1. The van der Waals surface area contributed by atoms with Gasteiger partial charge < -0.3 is 10.6 Å². The van der Waals surface area contributed by atoms with Crippen molar-refractivity contribution in [3.05, 3.63) is 46.9 Å². The van der Waals surface area contributed by atoms with Gasteiger partial charge in [-0.25, -0.2) is 9.78 Å². The van der Waals surface area contributed by atoms with Crippen LogP contribution >= 0.6 is 11.3 Å². The van der Waals surface area contributed by atoms with Gasteiger partial charge in [-0.3, -0.25) is 0 Å². The number of benzene rings is 1. The minimum absolute atomic E-state index is 0.0429. The molecule has 5 heteroatoms. The van der Waals surface area contributed by atoms with Crippen molar-refractivity contribution in [2.24, 2.45) is 5.92 Å². The number of hydrogen-bond acceptors (Lipinski definition) is 3. The molecule has 1 atom stereocenters. The zero-order chi connectivity index (χ0) is 14.4. The number of carbonyl (C=O) groups is 1. The highest BCUT2D eigenvalue weighted by Gasteiger charge is 2.18. The number of carbonyl (C=O) groups excluding carboxylic acids is 1. The number of rotatable bonds is 5. The van der Waals surface area contributed by atoms with Gasteiger partial charge in [-0.05, 0) is 24.5 Å². The van der Waals surface area contributed by atoms with Crippen LogP contribution in [-0.2, 0) is 0 Å². The van der Waals surface area contributed by atoms with Crippen LogP contribution < -0.4 is 10.6 Å². The Morgan fingerprint density at radius 2 is 2.05 bits per heavy atom. The molecule has 1 aromatic carbocycles. The van der Waals surface area contributed by atoms with Gasteiger partial charge in [0.25, 0.3) is 0 Å². The zero-order valence-electron chi connectivity index (χ0n) is 11.7. The number of thiazole rings is 1. The highest BCUT2D eigenvalue weighted by Crippen LogP contribution is 2.23. The molecule has 0 saturated heterocycles. The molecule has 0 aliphatic rings. The van der Waals surface area contributed by atoms with Gasteiger partial charge in [-0.1, -0.05) is 32.0 Å². The Kier molecular flexibility index (Phi) is 5.12. The van der Waals surface area contributed by atoms with Crippen molar-refractivity contribution in [1.29, 1.82) is 0 Å². The van der Waals surface area contributed by atoms with Crippen LogP contribution in [0.15, 0.2) is 41.9 Å². The Morgan fingerprint density at radius 3 is 2.65 bits per heavy atom. The van der Waals surface area contributed by atoms with E-state index in [2.05, 4.69) is 29.5 Å². The Labute approximate surface area is 123 Å². The molecule has 0 aliphatic carbocycles. The van der Waals surface area contributed by atoms with E-state index in [4.69, 9.17) is 0 Å². The number of urea groups is 1. The summed E-state index contributed by atoms with van der Waals surface area (Å²) in [5.74, 6) is 0.487. The molecular formula is C15H19N3OS. The molecular weight excluding hydrogens is 270 g/mol. The molecule has 2 amide bonds. The van der Waals surface area contributed by atoms with Crippen LogP contribution in [0, 0.1) is 5.92 Å². The second-order valence-corrected chi connectivity index (χ2v) is 5.94. The lowest BCUT2D eigenvalue weighted by Gasteiger charge is -2.19. The summed E-state index contributed by atoms with van der Waals surface area (Å²) in [7, 11) is 0. The summed E-state index contributed by atoms with van der Waals surface area (Å²) in [5, 5.41) is 8.71. The molecule has 106 valence electrons. The number of nitrogens with zero attached hydrogens (tertiary/aromatic N) is 1. The standard InChI is InChI=1S/C15H19N3OS/c1-11(2)10-13(14-16-8-9-20-14)18-15(19)17-12-6-4-3-5-7-12/h3-9,11,13H,10H2,1-2H3,(H2,17,18,19). The molecule has 1 aromatic heterocycles. The van der Waals surface area contributed by atoms with Crippen LogP contribution in [0.25, 0.3) is 0 Å². The van der Waals surface area contributed by atoms with Crippen molar-refractivity contribution in [3.63, 3.8) is 0 Å². The first-order valence-electron chi connectivity index (χ1n) is 6.67. The summed E-state index contributed by atoms with van der Waals surface area (Å²) in [6.07, 6.45) is 2.64. The van der Waals surface area contributed by atoms with Crippen LogP contribution in [0.5, 0.6) is 0 Å². The van der Waals surface area contributed by atoms with E-state index in [1.807, 2.05) is 35.7 Å². The summed E-state index contributed by atoms with van der Waals surface area (Å²) in [5.41, 5.74) is 0.785. The average molecular weight is 289 g/mol. The van der Waals surface area contributed by atoms with E-state index < -0.39 is 0 Å². The van der Waals surface area contributed by atoms with Gasteiger partial charge in [0.05, 0.1) is 6.04 Å². The Morgan fingerprint density at radius 1 is 1.30 bits per heavy atom. The quantitative estimate of drug-likeness (QED) is 0.872. The summed E-state index contributed by atoms with van der Waals surface area (Å²) in [6, 6.07) is 9.18. The molecule has 20 heavy (non-hydrogen) atoms. The number of aromatic nitrogens is 1. The van der Waals surface area contributed by atoms with Crippen LogP contribution in [0.3, 0.4) is 0 Å². The molecule has 0 spiro atoms. The molecule has 2 aromatic rings. The molecule has 0 bridgehead atoms. The molecule has 0 aliphatic heterocycles. The topological polar surface area (TPSA) is 54.0 Å². The summed E-state index contributed by atoms with van der Waals surface area (Å²) < 4.78 is 0. The van der Waals surface area contributed by atoms with E-state index in [0.29, 0.717) is 5.92 Å². The van der Waals surface area contributed by atoms with Gasteiger partial charge in [-0.2, -0.15) is 0 Å². The van der Waals surface area contributed by atoms with Crippen molar-refractivity contribution in [1.82, 2.24) is 10.3 Å². The van der Waals surface area contributed by atoms with Crippen molar-refractivity contribution in [2.45, 2.75) is 26.3 Å². The summed E-state index contributed by atoms with van der Waals surface area (Å²) >= 11 is 1.57. The SMILES string of the molecule is CC(C)CC(NC(=O)Nc1ccccc1)c1nccs1. The lowest BCUT2D eigenvalue weighted by Crippen LogP contribution is -2.33. The van der Waals surface area contributed by atoms with E-state index >= 15 is 0 Å². The minimum Gasteiger partial charge on any atom is -0.329 e. The molecule has 0 saturated carbocycles. The maximum absolute atomic E-state index is 12.1. The monoisotopic (exact) mass is 289 g/mol. The largest absolute Gasteiger partial charge is 0.329 e. The Balaban J connectivity index is 1.99. The van der Waals surface area contributed by atoms with Crippen LogP contribution in [0.4, 0.5) is 10.5 Å². The lowest BCUT2D eigenvalue weighted by atomic mass is 10.0. The van der Waals surface area contributed by atoms with Gasteiger partial charge in [0.15, 0.2) is 0 Å². The van der Waals surface area contributed by atoms with E-state index in [0.717, 1.165) is 17.1 Å². The molecule has 2 N–H and O–H groups in total. The highest BCUT2D eigenvalue weighted by molar-refractivity contribution is 7.09. The van der Waals surface area contributed by atoms with E-state index in [1.165, 1.54) is 0 Å². The van der Waals surface area contributed by atoms with Crippen molar-refractivity contribution in [3.8, 4) is 0 Å². The highest BCUT2D eigenvalue weighted by atomic mass is 32.1. The van der Waals surface area contributed by atoms with Gasteiger partial charge in [-0.15, -0.1) is 11.3 Å². The van der Waals surface area contributed by atoms with Crippen LogP contribution in [0.1, 0.15) is 31.3 Å². The lowest BCUT2D eigenvalue weighted by molar-refractivity contribution is 0.246.